The number of imide groups is 1. The third-order valence-corrected chi connectivity index (χ3v) is 7.06. The van der Waals surface area contributed by atoms with Crippen LogP contribution in [0.25, 0.3) is 10.9 Å². The zero-order valence-electron chi connectivity index (χ0n) is 19.3. The Morgan fingerprint density at radius 3 is 2.46 bits per heavy atom. The van der Waals surface area contributed by atoms with Crippen LogP contribution in [0.3, 0.4) is 0 Å². The molecule has 0 unspecified atom stereocenters. The van der Waals surface area contributed by atoms with Gasteiger partial charge < -0.3 is 0 Å². The lowest BCUT2D eigenvalue weighted by atomic mass is 9.85. The molecule has 0 saturated carbocycles. The number of amides is 4. The molecule has 1 aliphatic carbocycles. The average Bonchev–Trinajstić information content (AvgIpc) is 3.00. The number of allylic oxidation sites excluding steroid dienone is 2. The highest BCUT2D eigenvalue weighted by Crippen LogP contribution is 2.34. The normalized spacial score (nSPS) is 21.4. The molecule has 0 bridgehead atoms. The summed E-state index contributed by atoms with van der Waals surface area (Å²) < 4.78 is 1.72. The summed E-state index contributed by atoms with van der Waals surface area (Å²) in [5, 5.41) is 0.451. The summed E-state index contributed by atoms with van der Waals surface area (Å²) in [6.45, 7) is 0.625. The van der Waals surface area contributed by atoms with Crippen LogP contribution in [0.4, 0.5) is 0 Å². The number of carbonyl (C=O) groups is 4. The number of benzene rings is 1. The number of hydrazine groups is 1. The number of rotatable bonds is 4. The number of nitrogens with zero attached hydrogens (tertiary/aromatic N) is 3. The first kappa shape index (κ1) is 22.9. The summed E-state index contributed by atoms with van der Waals surface area (Å²) in [7, 11) is 0. The Morgan fingerprint density at radius 1 is 0.971 bits per heavy atom. The van der Waals surface area contributed by atoms with E-state index in [1.165, 1.54) is 6.07 Å². The molecule has 2 aromatic rings. The van der Waals surface area contributed by atoms with Gasteiger partial charge in [-0.1, -0.05) is 18.6 Å². The van der Waals surface area contributed by atoms with Gasteiger partial charge in [0.05, 0.1) is 22.7 Å². The molecule has 10 nitrogen and oxygen atoms in total. The summed E-state index contributed by atoms with van der Waals surface area (Å²) in [5.74, 6) is -1.48. The van der Waals surface area contributed by atoms with Crippen molar-refractivity contribution >= 4 is 34.5 Å². The van der Waals surface area contributed by atoms with Gasteiger partial charge in [0.2, 0.25) is 17.7 Å². The Morgan fingerprint density at radius 2 is 1.71 bits per heavy atom. The van der Waals surface area contributed by atoms with Crippen molar-refractivity contribution < 1.29 is 19.2 Å². The highest BCUT2D eigenvalue weighted by atomic mass is 16.2. The number of aromatic nitrogens is 2. The Balaban J connectivity index is 1.19. The van der Waals surface area contributed by atoms with Crippen molar-refractivity contribution in [3.05, 3.63) is 52.1 Å². The van der Waals surface area contributed by atoms with Gasteiger partial charge >= 0.3 is 0 Å². The van der Waals surface area contributed by atoms with Crippen LogP contribution in [0.2, 0.25) is 0 Å². The molecule has 3 heterocycles. The number of aryl methyl sites for hydroxylation is 1. The minimum absolute atomic E-state index is 0.0265. The van der Waals surface area contributed by atoms with Gasteiger partial charge in [-0.15, -0.1) is 0 Å². The van der Waals surface area contributed by atoms with Crippen LogP contribution < -0.4 is 16.4 Å². The maximum Gasteiger partial charge on any atom is 0.269 e. The highest BCUT2D eigenvalue weighted by Gasteiger charge is 2.46. The monoisotopic (exact) mass is 477 g/mol. The van der Waals surface area contributed by atoms with Gasteiger partial charge in [0.15, 0.2) is 0 Å². The molecule has 10 heteroatoms. The summed E-state index contributed by atoms with van der Waals surface area (Å²) in [5.41, 5.74) is 5.28. The van der Waals surface area contributed by atoms with E-state index in [9.17, 15) is 24.0 Å². The fourth-order valence-electron chi connectivity index (χ4n) is 5.12. The van der Waals surface area contributed by atoms with Crippen molar-refractivity contribution in [1.29, 1.82) is 0 Å². The molecule has 35 heavy (non-hydrogen) atoms. The van der Waals surface area contributed by atoms with Gasteiger partial charge in [-0.05, 0) is 43.9 Å². The summed E-state index contributed by atoms with van der Waals surface area (Å²) in [6, 6.07) is 4.65. The lowest BCUT2D eigenvalue weighted by molar-refractivity contribution is -0.140. The molecular formula is C25H27N5O5. The lowest BCUT2D eigenvalue weighted by Crippen LogP contribution is -2.43. The van der Waals surface area contributed by atoms with Gasteiger partial charge in [-0.3, -0.25) is 44.3 Å². The fraction of sp³-hybridized carbons (Fsp3) is 0.440. The first-order valence-corrected chi connectivity index (χ1v) is 12.1. The van der Waals surface area contributed by atoms with E-state index in [4.69, 9.17) is 0 Å². The maximum absolute atomic E-state index is 12.8. The van der Waals surface area contributed by atoms with Crippen LogP contribution in [0, 0.1) is 11.8 Å². The highest BCUT2D eigenvalue weighted by molar-refractivity contribution is 6.05. The van der Waals surface area contributed by atoms with Gasteiger partial charge in [0.25, 0.3) is 11.5 Å². The number of hydrogen-bond donors (Lipinski definition) is 2. The van der Waals surface area contributed by atoms with Gasteiger partial charge in [0.1, 0.15) is 5.82 Å². The van der Waals surface area contributed by atoms with Crippen molar-refractivity contribution in [2.75, 3.05) is 6.54 Å². The Kier molecular flexibility index (Phi) is 6.19. The quantitative estimate of drug-likeness (QED) is 0.387. The van der Waals surface area contributed by atoms with Gasteiger partial charge in [0, 0.05) is 31.5 Å². The van der Waals surface area contributed by atoms with E-state index in [1.54, 1.807) is 16.7 Å². The number of carbonyl (C=O) groups excluding carboxylic acids is 4. The smallest absolute Gasteiger partial charge is 0.269 e. The number of fused-ring (bicyclic) bond motifs is 3. The third kappa shape index (κ3) is 4.36. The van der Waals surface area contributed by atoms with Crippen molar-refractivity contribution in [2.45, 2.75) is 51.5 Å². The average molecular weight is 478 g/mol. The molecule has 2 aliphatic heterocycles. The molecule has 2 atom stereocenters. The summed E-state index contributed by atoms with van der Waals surface area (Å²) in [6.07, 6.45) is 8.47. The molecule has 0 radical (unpaired) electrons. The molecule has 182 valence electrons. The van der Waals surface area contributed by atoms with E-state index in [0.29, 0.717) is 30.3 Å². The molecule has 3 aliphatic rings. The Hall–Kier alpha value is -3.82. The second-order valence-corrected chi connectivity index (χ2v) is 9.26. The standard InChI is InChI=1S/C25H27N5O5/c31-21(11-13-30-23(33)16-6-3-4-7-17(16)24(30)34)27-28-22(32)15-9-10-18-19(14-15)26-20-8-2-1-5-12-29(20)25(18)35/h3-4,9-10,14,16-17H,1-2,5-8,11-13H2,(H,27,31)(H,28,32)/t16-,17+. The molecule has 0 spiro atoms. The minimum atomic E-state index is -0.553. The minimum Gasteiger partial charge on any atom is -0.296 e. The van der Waals surface area contributed by atoms with Crippen LogP contribution in [0.1, 0.15) is 54.7 Å². The number of nitrogens with one attached hydrogen (secondary N) is 2. The van der Waals surface area contributed by atoms with Crippen LogP contribution >= 0.6 is 0 Å². The molecule has 4 amide bonds. The topological polar surface area (TPSA) is 130 Å². The first-order chi connectivity index (χ1) is 16.9. The molecular weight excluding hydrogens is 450 g/mol. The summed E-state index contributed by atoms with van der Waals surface area (Å²) in [4.78, 5) is 68.5. The Bertz CT molecular complexity index is 1290. The second-order valence-electron chi connectivity index (χ2n) is 9.26. The maximum atomic E-state index is 12.8. The largest absolute Gasteiger partial charge is 0.296 e. The molecule has 5 rings (SSSR count). The second kappa shape index (κ2) is 9.44. The predicted molar refractivity (Wildman–Crippen MR) is 126 cm³/mol. The number of hydrogen-bond acceptors (Lipinski definition) is 6. The fourth-order valence-corrected chi connectivity index (χ4v) is 5.12. The zero-order chi connectivity index (χ0) is 24.5. The summed E-state index contributed by atoms with van der Waals surface area (Å²) >= 11 is 0. The Labute approximate surface area is 201 Å². The van der Waals surface area contributed by atoms with E-state index in [1.807, 2.05) is 12.2 Å². The van der Waals surface area contributed by atoms with E-state index >= 15 is 0 Å². The first-order valence-electron chi connectivity index (χ1n) is 12.1. The molecule has 1 aromatic carbocycles. The van der Waals surface area contributed by atoms with E-state index in [-0.39, 0.29) is 47.7 Å². The van der Waals surface area contributed by atoms with Crippen LogP contribution in [-0.2, 0) is 27.3 Å². The predicted octanol–water partition coefficient (Wildman–Crippen LogP) is 1.23. The van der Waals surface area contributed by atoms with Crippen molar-refractivity contribution in [3.8, 4) is 0 Å². The zero-order valence-corrected chi connectivity index (χ0v) is 19.3. The van der Waals surface area contributed by atoms with Crippen molar-refractivity contribution in [1.82, 2.24) is 25.3 Å². The molecule has 2 N–H and O–H groups in total. The van der Waals surface area contributed by atoms with Gasteiger partial charge in [-0.25, -0.2) is 4.98 Å². The van der Waals surface area contributed by atoms with Crippen LogP contribution in [0.15, 0.2) is 35.1 Å². The SMILES string of the molecule is O=C(CCN1C(=O)[C@H]2CC=CC[C@H]2C1=O)NNC(=O)c1ccc2c(=O)n3c(nc2c1)CCCCC3. The van der Waals surface area contributed by atoms with E-state index < -0.39 is 11.8 Å². The van der Waals surface area contributed by atoms with E-state index in [2.05, 4.69) is 15.8 Å². The third-order valence-electron chi connectivity index (χ3n) is 7.06. The van der Waals surface area contributed by atoms with Gasteiger partial charge in [-0.2, -0.15) is 0 Å². The molecule has 1 saturated heterocycles. The van der Waals surface area contributed by atoms with E-state index in [0.717, 1.165) is 36.4 Å². The number of likely N-dealkylation sites (tertiary alicyclic amines) is 1. The lowest BCUT2D eigenvalue weighted by Gasteiger charge is -2.14. The molecule has 1 fully saturated rings. The van der Waals surface area contributed by atoms with Crippen LogP contribution in [0.5, 0.6) is 0 Å². The van der Waals surface area contributed by atoms with Crippen molar-refractivity contribution in [2.24, 2.45) is 11.8 Å². The van der Waals surface area contributed by atoms with Crippen molar-refractivity contribution in [3.63, 3.8) is 0 Å². The van der Waals surface area contributed by atoms with Crippen LogP contribution in [-0.4, -0.2) is 44.6 Å². The molecule has 1 aromatic heterocycles.